The van der Waals surface area contributed by atoms with Gasteiger partial charge in [0.1, 0.15) is 0 Å². The Bertz CT molecular complexity index is 3720. The third-order valence-electron chi connectivity index (χ3n) is 12.8. The summed E-state index contributed by atoms with van der Waals surface area (Å²) < 4.78 is 5.41. The van der Waals surface area contributed by atoms with Gasteiger partial charge in [0.25, 0.3) is 0 Å². The topological polar surface area (TPSA) is 4.93 Å². The zero-order valence-corrected chi connectivity index (χ0v) is 34.3. The van der Waals surface area contributed by atoms with Crippen LogP contribution in [0.1, 0.15) is 0 Å². The average Bonchev–Trinajstić information content (AvgIpc) is 3.86. The fraction of sp³-hybridized carbons (Fsp3) is 0. The van der Waals surface area contributed by atoms with Crippen LogP contribution < -0.4 is 0 Å². The molecule has 278 valence electrons. The standard InChI is InChI=1S/C58H35NSe/c1-2-17-36(18-3-1)54-40-21-4-6-23-42(40)56(43-24-7-5-22-41(43)54)49-30-16-29-48-50-35-37(33-34-53(50)60-58(48)49)55-44-25-8-10-27-46(44)57(47-28-11-9-26-45(47)55)59-51-31-14-12-19-38(51)39-20-13-15-32-52(39)59/h1-35H. The minimum absolute atomic E-state index is 0.143. The number of benzene rings is 11. The van der Waals surface area contributed by atoms with E-state index in [1.807, 2.05) is 0 Å². The first kappa shape index (κ1) is 33.7. The molecule has 1 nitrogen and oxygen atoms in total. The number of para-hydroxylation sites is 2. The Morgan fingerprint density at radius 2 is 0.717 bits per heavy atom. The molecule has 0 saturated heterocycles. The summed E-state index contributed by atoms with van der Waals surface area (Å²) in [6, 6.07) is 79.0. The Morgan fingerprint density at radius 1 is 0.283 bits per heavy atom. The molecule has 0 aliphatic rings. The molecule has 2 heterocycles. The number of fused-ring (bicyclic) bond motifs is 10. The van der Waals surface area contributed by atoms with Crippen LogP contribution in [0.15, 0.2) is 212 Å². The molecule has 60 heavy (non-hydrogen) atoms. The maximum absolute atomic E-state index is 2.50. The molecule has 0 atom stereocenters. The van der Waals surface area contributed by atoms with Crippen molar-refractivity contribution < 1.29 is 0 Å². The molecule has 0 fully saturated rings. The molecule has 11 aromatic carbocycles. The monoisotopic (exact) mass is 825 g/mol. The molecule has 0 unspecified atom stereocenters. The van der Waals surface area contributed by atoms with E-state index in [1.165, 1.54) is 123 Å². The van der Waals surface area contributed by atoms with E-state index in [2.05, 4.69) is 217 Å². The predicted octanol–water partition coefficient (Wildman–Crippen LogP) is 15.8. The summed E-state index contributed by atoms with van der Waals surface area (Å²) >= 11 is 0.143. The van der Waals surface area contributed by atoms with Crippen molar-refractivity contribution in [2.45, 2.75) is 0 Å². The van der Waals surface area contributed by atoms with Crippen LogP contribution in [0, 0.1) is 0 Å². The molecule has 0 radical (unpaired) electrons. The quantitative estimate of drug-likeness (QED) is 0.123. The van der Waals surface area contributed by atoms with Gasteiger partial charge in [-0.1, -0.05) is 12.1 Å². The second-order valence-corrected chi connectivity index (χ2v) is 18.1. The summed E-state index contributed by atoms with van der Waals surface area (Å²) in [6.45, 7) is 0. The van der Waals surface area contributed by atoms with Crippen molar-refractivity contribution in [1.29, 1.82) is 0 Å². The Morgan fingerprint density at radius 3 is 1.28 bits per heavy atom. The van der Waals surface area contributed by atoms with Crippen LogP contribution in [0.2, 0.25) is 0 Å². The average molecular weight is 825 g/mol. The number of nitrogens with zero attached hydrogens (tertiary/aromatic N) is 1. The van der Waals surface area contributed by atoms with Gasteiger partial charge in [-0.25, -0.2) is 0 Å². The molecule has 0 aliphatic heterocycles. The Kier molecular flexibility index (Phi) is 7.39. The number of aromatic nitrogens is 1. The molecule has 2 aromatic heterocycles. The molecule has 0 aliphatic carbocycles. The summed E-state index contributed by atoms with van der Waals surface area (Å²) in [7, 11) is 0. The molecular formula is C58H35NSe. The third-order valence-corrected chi connectivity index (χ3v) is 15.3. The fourth-order valence-corrected chi connectivity index (χ4v) is 12.8. The van der Waals surface area contributed by atoms with E-state index in [9.17, 15) is 0 Å². The zero-order valence-electron chi connectivity index (χ0n) is 32.6. The van der Waals surface area contributed by atoms with Gasteiger partial charge in [-0.05, 0) is 0 Å². The Balaban J connectivity index is 1.07. The Hall–Kier alpha value is -7.22. The summed E-state index contributed by atoms with van der Waals surface area (Å²) in [6.07, 6.45) is 0. The molecule has 13 rings (SSSR count). The van der Waals surface area contributed by atoms with Crippen LogP contribution >= 0.6 is 0 Å². The number of hydrogen-bond acceptors (Lipinski definition) is 0. The number of hydrogen-bond donors (Lipinski definition) is 0. The molecular weight excluding hydrogens is 790 g/mol. The third kappa shape index (κ3) is 4.81. The van der Waals surface area contributed by atoms with Gasteiger partial charge in [0, 0.05) is 0 Å². The van der Waals surface area contributed by atoms with Crippen LogP contribution in [0.5, 0.6) is 0 Å². The SMILES string of the molecule is c1ccc(-c2c3ccccc3c(-c3cccc4c3[se]c3ccc(-c5c6ccccc6c(-n6c7ccccc7c7ccccc76)c6ccccc56)cc34)c3ccccc23)cc1. The van der Waals surface area contributed by atoms with E-state index >= 15 is 0 Å². The van der Waals surface area contributed by atoms with Crippen molar-refractivity contribution in [3.63, 3.8) is 0 Å². The summed E-state index contributed by atoms with van der Waals surface area (Å²) in [5.74, 6) is 0. The first-order valence-electron chi connectivity index (χ1n) is 20.7. The van der Waals surface area contributed by atoms with Gasteiger partial charge in [0.15, 0.2) is 0 Å². The van der Waals surface area contributed by atoms with Crippen molar-refractivity contribution in [3.05, 3.63) is 212 Å². The summed E-state index contributed by atoms with van der Waals surface area (Å²) in [4.78, 5) is 0. The summed E-state index contributed by atoms with van der Waals surface area (Å²) in [5.41, 5.74) is 11.5. The Labute approximate surface area is 352 Å². The molecule has 13 aromatic rings. The minimum atomic E-state index is 0.143. The maximum atomic E-state index is 2.50. The van der Waals surface area contributed by atoms with Crippen molar-refractivity contribution >= 4 is 98.7 Å². The first-order valence-corrected chi connectivity index (χ1v) is 22.4. The van der Waals surface area contributed by atoms with E-state index in [-0.39, 0.29) is 14.5 Å². The zero-order chi connectivity index (χ0) is 39.3. The normalized spacial score (nSPS) is 12.0. The van der Waals surface area contributed by atoms with Crippen LogP contribution in [-0.4, -0.2) is 19.1 Å². The van der Waals surface area contributed by atoms with Crippen molar-refractivity contribution in [1.82, 2.24) is 4.57 Å². The molecule has 0 saturated carbocycles. The second-order valence-electron chi connectivity index (χ2n) is 15.9. The van der Waals surface area contributed by atoms with Crippen LogP contribution in [0.3, 0.4) is 0 Å². The fourth-order valence-electron chi connectivity index (χ4n) is 10.3. The van der Waals surface area contributed by atoms with Gasteiger partial charge in [-0.3, -0.25) is 0 Å². The van der Waals surface area contributed by atoms with E-state index in [0.29, 0.717) is 0 Å². The molecule has 0 amide bonds. The first-order chi connectivity index (χ1) is 29.8. The molecule has 2 heteroatoms. The van der Waals surface area contributed by atoms with Crippen molar-refractivity contribution in [3.8, 4) is 39.1 Å². The molecule has 0 bridgehead atoms. The van der Waals surface area contributed by atoms with Gasteiger partial charge in [-0.2, -0.15) is 0 Å². The van der Waals surface area contributed by atoms with Crippen LogP contribution in [0.4, 0.5) is 0 Å². The predicted molar refractivity (Wildman–Crippen MR) is 259 cm³/mol. The van der Waals surface area contributed by atoms with E-state index in [0.717, 1.165) is 0 Å². The van der Waals surface area contributed by atoms with Gasteiger partial charge in [-0.15, -0.1) is 0 Å². The van der Waals surface area contributed by atoms with Gasteiger partial charge in [0.05, 0.1) is 0 Å². The molecule has 0 N–H and O–H groups in total. The van der Waals surface area contributed by atoms with E-state index < -0.39 is 0 Å². The van der Waals surface area contributed by atoms with Crippen LogP contribution in [-0.2, 0) is 0 Å². The van der Waals surface area contributed by atoms with Crippen molar-refractivity contribution in [2.75, 3.05) is 0 Å². The summed E-state index contributed by atoms with van der Waals surface area (Å²) in [5, 5.41) is 15.5. The van der Waals surface area contributed by atoms with E-state index in [4.69, 9.17) is 0 Å². The molecule has 0 spiro atoms. The van der Waals surface area contributed by atoms with Gasteiger partial charge < -0.3 is 0 Å². The second kappa shape index (κ2) is 13.1. The van der Waals surface area contributed by atoms with Crippen molar-refractivity contribution in [2.24, 2.45) is 0 Å². The van der Waals surface area contributed by atoms with Gasteiger partial charge >= 0.3 is 343 Å². The van der Waals surface area contributed by atoms with Crippen LogP contribution in [0.25, 0.3) is 123 Å². The number of rotatable bonds is 4. The van der Waals surface area contributed by atoms with E-state index in [1.54, 1.807) is 0 Å². The van der Waals surface area contributed by atoms with Gasteiger partial charge in [0.2, 0.25) is 0 Å².